The van der Waals surface area contributed by atoms with Gasteiger partial charge < -0.3 is 9.84 Å². The van der Waals surface area contributed by atoms with E-state index in [1.54, 1.807) is 6.92 Å². The summed E-state index contributed by atoms with van der Waals surface area (Å²) in [5, 5.41) is 11.8. The van der Waals surface area contributed by atoms with Crippen molar-refractivity contribution in [2.45, 2.75) is 6.92 Å². The molecule has 0 unspecified atom stereocenters. The summed E-state index contributed by atoms with van der Waals surface area (Å²) in [6, 6.07) is 8.46. The number of barbiturate groups is 1. The van der Waals surface area contributed by atoms with Crippen LogP contribution in [0.5, 0.6) is 11.5 Å². The van der Waals surface area contributed by atoms with Crippen LogP contribution in [0.4, 0.5) is 14.9 Å². The lowest BCUT2D eigenvalue weighted by Crippen LogP contribution is -2.54. The smallest absolute Gasteiger partial charge is 0.336 e. The zero-order valence-corrected chi connectivity index (χ0v) is 14.2. The summed E-state index contributed by atoms with van der Waals surface area (Å²) in [5.41, 5.74) is -0.234. The third-order valence-corrected chi connectivity index (χ3v) is 3.79. The summed E-state index contributed by atoms with van der Waals surface area (Å²) in [6.45, 7) is 2.04. The molecular weight excluding hydrogens is 355 g/mol. The number of hydrogen-bond acceptors (Lipinski definition) is 5. The van der Waals surface area contributed by atoms with E-state index in [4.69, 9.17) is 4.74 Å². The Kier molecular flexibility index (Phi) is 4.89. The number of nitrogens with one attached hydrogen (secondary N) is 1. The van der Waals surface area contributed by atoms with Gasteiger partial charge in [0, 0.05) is 0 Å². The summed E-state index contributed by atoms with van der Waals surface area (Å²) in [5.74, 6) is -2.55. The molecule has 1 aliphatic rings. The number of carbonyl (C=O) groups excluding carboxylic acids is 3. The van der Waals surface area contributed by atoms with Gasteiger partial charge in [0.25, 0.3) is 11.8 Å². The van der Waals surface area contributed by atoms with Gasteiger partial charge in [0.15, 0.2) is 11.5 Å². The number of rotatable bonds is 4. The molecule has 1 aliphatic heterocycles. The first-order valence-electron chi connectivity index (χ1n) is 8.04. The van der Waals surface area contributed by atoms with Gasteiger partial charge >= 0.3 is 6.03 Å². The first-order valence-corrected chi connectivity index (χ1v) is 8.04. The molecule has 0 saturated carbocycles. The Bertz CT molecular complexity index is 970. The Balaban J connectivity index is 2.02. The van der Waals surface area contributed by atoms with Gasteiger partial charge in [-0.2, -0.15) is 0 Å². The normalized spacial score (nSPS) is 15.9. The average Bonchev–Trinajstić information content (AvgIpc) is 2.63. The monoisotopic (exact) mass is 370 g/mol. The van der Waals surface area contributed by atoms with Crippen LogP contribution in [0.15, 0.2) is 48.0 Å². The molecule has 1 heterocycles. The van der Waals surface area contributed by atoms with Crippen molar-refractivity contribution in [2.24, 2.45) is 0 Å². The zero-order valence-electron chi connectivity index (χ0n) is 14.2. The van der Waals surface area contributed by atoms with Crippen molar-refractivity contribution in [3.63, 3.8) is 0 Å². The van der Waals surface area contributed by atoms with Crippen molar-refractivity contribution in [1.82, 2.24) is 5.32 Å². The molecule has 0 radical (unpaired) electrons. The summed E-state index contributed by atoms with van der Waals surface area (Å²) in [7, 11) is 0. The number of urea groups is 1. The average molecular weight is 370 g/mol. The van der Waals surface area contributed by atoms with Crippen molar-refractivity contribution in [2.75, 3.05) is 11.5 Å². The number of phenols is 1. The Morgan fingerprint density at radius 3 is 2.63 bits per heavy atom. The number of nitrogens with zero attached hydrogens (tertiary/aromatic N) is 1. The van der Waals surface area contributed by atoms with E-state index in [2.05, 4.69) is 0 Å². The Labute approximate surface area is 153 Å². The molecule has 0 atom stereocenters. The maximum Gasteiger partial charge on any atom is 0.336 e. The number of hydrogen-bond donors (Lipinski definition) is 2. The summed E-state index contributed by atoms with van der Waals surface area (Å²) < 4.78 is 19.3. The molecule has 2 N–H and O–H groups in total. The van der Waals surface area contributed by atoms with Crippen molar-refractivity contribution in [3.8, 4) is 11.5 Å². The molecule has 3 rings (SSSR count). The van der Waals surface area contributed by atoms with Crippen LogP contribution in [0.2, 0.25) is 0 Å². The number of ether oxygens (including phenoxy) is 1. The molecule has 27 heavy (non-hydrogen) atoms. The maximum atomic E-state index is 14.0. The van der Waals surface area contributed by atoms with Crippen molar-refractivity contribution >= 4 is 29.6 Å². The molecule has 0 aliphatic carbocycles. The molecule has 138 valence electrons. The molecule has 2 aromatic carbocycles. The molecule has 4 amide bonds. The van der Waals surface area contributed by atoms with Gasteiger partial charge in [0.2, 0.25) is 0 Å². The SMILES string of the molecule is CCOc1cc(/C=C2/C(=O)NC(=O)N(c3ccccc3F)C2=O)ccc1O. The lowest BCUT2D eigenvalue weighted by atomic mass is 10.1. The summed E-state index contributed by atoms with van der Waals surface area (Å²) >= 11 is 0. The van der Waals surface area contributed by atoms with Crippen LogP contribution in [0, 0.1) is 5.82 Å². The standard InChI is InChI=1S/C19H15FN2O5/c1-2-27-16-10-11(7-8-15(16)23)9-12-17(24)21-19(26)22(18(12)25)14-6-4-3-5-13(14)20/h3-10,23H,2H2,1H3,(H,21,24,26)/b12-9-. The highest BCUT2D eigenvalue weighted by Crippen LogP contribution is 2.29. The molecule has 8 heteroatoms. The molecule has 1 fully saturated rings. The Morgan fingerprint density at radius 1 is 1.19 bits per heavy atom. The van der Waals surface area contributed by atoms with Gasteiger partial charge in [-0.25, -0.2) is 14.1 Å². The third kappa shape index (κ3) is 3.50. The van der Waals surface area contributed by atoms with Crippen LogP contribution >= 0.6 is 0 Å². The van der Waals surface area contributed by atoms with E-state index >= 15 is 0 Å². The Morgan fingerprint density at radius 2 is 1.93 bits per heavy atom. The number of para-hydroxylation sites is 1. The number of carbonyl (C=O) groups is 3. The highest BCUT2D eigenvalue weighted by Gasteiger charge is 2.37. The molecule has 2 aromatic rings. The summed E-state index contributed by atoms with van der Waals surface area (Å²) in [4.78, 5) is 37.5. The maximum absolute atomic E-state index is 14.0. The third-order valence-electron chi connectivity index (χ3n) is 3.79. The zero-order chi connectivity index (χ0) is 19.6. The van der Waals surface area contributed by atoms with Crippen molar-refractivity contribution < 1.29 is 28.6 Å². The predicted molar refractivity (Wildman–Crippen MR) is 94.7 cm³/mol. The van der Waals surface area contributed by atoms with Crippen LogP contribution in [0.25, 0.3) is 6.08 Å². The summed E-state index contributed by atoms with van der Waals surface area (Å²) in [6.07, 6.45) is 1.24. The number of anilines is 1. The lowest BCUT2D eigenvalue weighted by molar-refractivity contribution is -0.122. The van der Waals surface area contributed by atoms with E-state index in [1.165, 1.54) is 42.5 Å². The fourth-order valence-corrected chi connectivity index (χ4v) is 2.57. The van der Waals surface area contributed by atoms with Crippen LogP contribution in [-0.4, -0.2) is 29.6 Å². The number of imide groups is 2. The second-order valence-corrected chi connectivity index (χ2v) is 5.57. The number of aromatic hydroxyl groups is 1. The molecule has 7 nitrogen and oxygen atoms in total. The minimum atomic E-state index is -1.03. The van der Waals surface area contributed by atoms with E-state index in [1.807, 2.05) is 5.32 Å². The first-order chi connectivity index (χ1) is 12.9. The second-order valence-electron chi connectivity index (χ2n) is 5.57. The highest BCUT2D eigenvalue weighted by molar-refractivity contribution is 6.39. The molecule has 0 spiro atoms. The minimum Gasteiger partial charge on any atom is -0.504 e. The molecule has 0 bridgehead atoms. The van der Waals surface area contributed by atoms with Gasteiger partial charge in [-0.15, -0.1) is 0 Å². The van der Waals surface area contributed by atoms with E-state index in [0.29, 0.717) is 17.1 Å². The predicted octanol–water partition coefficient (Wildman–Crippen LogP) is 2.60. The fraction of sp³-hybridized carbons (Fsp3) is 0.105. The fourth-order valence-electron chi connectivity index (χ4n) is 2.57. The van der Waals surface area contributed by atoms with Gasteiger partial charge in [0.05, 0.1) is 12.3 Å². The topological polar surface area (TPSA) is 95.9 Å². The molecule has 1 saturated heterocycles. The first kappa shape index (κ1) is 18.1. The van der Waals surface area contributed by atoms with E-state index in [9.17, 15) is 23.9 Å². The number of phenolic OH excluding ortho intramolecular Hbond substituents is 1. The van der Waals surface area contributed by atoms with E-state index < -0.39 is 23.7 Å². The minimum absolute atomic E-state index is 0.0958. The highest BCUT2D eigenvalue weighted by atomic mass is 19.1. The second kappa shape index (κ2) is 7.28. The lowest BCUT2D eigenvalue weighted by Gasteiger charge is -2.26. The molecule has 0 aromatic heterocycles. The quantitative estimate of drug-likeness (QED) is 0.637. The van der Waals surface area contributed by atoms with E-state index in [-0.39, 0.29) is 22.8 Å². The number of amides is 4. The largest absolute Gasteiger partial charge is 0.504 e. The van der Waals surface area contributed by atoms with E-state index in [0.717, 1.165) is 6.07 Å². The van der Waals surface area contributed by atoms with Gasteiger partial charge in [-0.3, -0.25) is 14.9 Å². The van der Waals surface area contributed by atoms with Crippen LogP contribution < -0.4 is 15.0 Å². The number of benzene rings is 2. The van der Waals surface area contributed by atoms with Crippen LogP contribution in [-0.2, 0) is 9.59 Å². The van der Waals surface area contributed by atoms with Gasteiger partial charge in [-0.1, -0.05) is 18.2 Å². The Hall–Kier alpha value is -3.68. The van der Waals surface area contributed by atoms with Crippen LogP contribution in [0.3, 0.4) is 0 Å². The van der Waals surface area contributed by atoms with Gasteiger partial charge in [-0.05, 0) is 42.8 Å². The van der Waals surface area contributed by atoms with Crippen molar-refractivity contribution in [1.29, 1.82) is 0 Å². The van der Waals surface area contributed by atoms with Gasteiger partial charge in [0.1, 0.15) is 11.4 Å². The van der Waals surface area contributed by atoms with Crippen LogP contribution in [0.1, 0.15) is 12.5 Å². The van der Waals surface area contributed by atoms with Crippen molar-refractivity contribution in [3.05, 3.63) is 59.4 Å². The molecular formula is C19H15FN2O5. The number of halogens is 1.